The van der Waals surface area contributed by atoms with Crippen molar-refractivity contribution in [1.82, 2.24) is 9.21 Å². The highest BCUT2D eigenvalue weighted by atomic mass is 32.2. The molecule has 1 fully saturated rings. The summed E-state index contributed by atoms with van der Waals surface area (Å²) in [6, 6.07) is 11.7. The Morgan fingerprint density at radius 2 is 1.72 bits per heavy atom. The van der Waals surface area contributed by atoms with Gasteiger partial charge in [0.1, 0.15) is 5.75 Å². The molecule has 0 radical (unpaired) electrons. The molecule has 2 amide bonds. The fourth-order valence-electron chi connectivity index (χ4n) is 3.45. The van der Waals surface area contributed by atoms with Crippen molar-refractivity contribution in [2.75, 3.05) is 39.1 Å². The van der Waals surface area contributed by atoms with Gasteiger partial charge in [0.2, 0.25) is 15.9 Å². The first-order valence-electron chi connectivity index (χ1n) is 10.5. The van der Waals surface area contributed by atoms with E-state index in [1.54, 1.807) is 25.1 Å². The van der Waals surface area contributed by atoms with Gasteiger partial charge < -0.3 is 15.0 Å². The topological polar surface area (TPSA) is 96.0 Å². The van der Waals surface area contributed by atoms with E-state index in [1.165, 1.54) is 26.2 Å². The Morgan fingerprint density at radius 1 is 1.06 bits per heavy atom. The number of likely N-dealkylation sites (tertiary alicyclic amines) is 1. The SMILES string of the molecule is Cc1cc(S(=O)(=O)N(C)C)ccc1OCC(=O)Nc1ccc(CC(=O)N2CCCC2)cc1. The molecule has 3 rings (SSSR count). The number of carbonyl (C=O) groups excluding carboxylic acids is 2. The third-order valence-corrected chi connectivity index (χ3v) is 7.15. The van der Waals surface area contributed by atoms with Crippen LogP contribution in [0, 0.1) is 6.92 Å². The summed E-state index contributed by atoms with van der Waals surface area (Å²) in [7, 11) is -0.590. The quantitative estimate of drug-likeness (QED) is 0.654. The van der Waals surface area contributed by atoms with E-state index in [1.807, 2.05) is 17.0 Å². The van der Waals surface area contributed by atoms with Crippen molar-refractivity contribution in [3.8, 4) is 5.75 Å². The molecule has 1 heterocycles. The standard InChI is InChI=1S/C23H29N3O5S/c1-17-14-20(32(29,30)25(2)3)10-11-21(17)31-16-22(27)24-19-8-6-18(7-9-19)15-23(28)26-12-4-5-13-26/h6-11,14H,4-5,12-13,15-16H2,1-3H3,(H,24,27). The summed E-state index contributed by atoms with van der Waals surface area (Å²) < 4.78 is 31.1. The Hall–Kier alpha value is -2.91. The van der Waals surface area contributed by atoms with Crippen molar-refractivity contribution in [3.63, 3.8) is 0 Å². The molecular formula is C23H29N3O5S. The number of hydrogen-bond acceptors (Lipinski definition) is 5. The molecule has 2 aromatic carbocycles. The molecule has 0 bridgehead atoms. The zero-order valence-corrected chi connectivity index (χ0v) is 19.4. The molecule has 1 N–H and O–H groups in total. The lowest BCUT2D eigenvalue weighted by atomic mass is 10.1. The van der Waals surface area contributed by atoms with E-state index in [9.17, 15) is 18.0 Å². The minimum Gasteiger partial charge on any atom is -0.483 e. The number of carbonyl (C=O) groups is 2. The van der Waals surface area contributed by atoms with Gasteiger partial charge in [0, 0.05) is 32.9 Å². The molecule has 0 spiro atoms. The van der Waals surface area contributed by atoms with Gasteiger partial charge in [0.15, 0.2) is 6.61 Å². The molecule has 172 valence electrons. The van der Waals surface area contributed by atoms with Gasteiger partial charge in [-0.2, -0.15) is 0 Å². The normalized spacial score (nSPS) is 13.9. The fourth-order valence-corrected chi connectivity index (χ4v) is 4.44. The van der Waals surface area contributed by atoms with Crippen LogP contribution in [0.2, 0.25) is 0 Å². The average Bonchev–Trinajstić information content (AvgIpc) is 3.29. The van der Waals surface area contributed by atoms with Crippen molar-refractivity contribution in [1.29, 1.82) is 0 Å². The first kappa shape index (κ1) is 23.7. The maximum Gasteiger partial charge on any atom is 0.262 e. The van der Waals surface area contributed by atoms with Crippen LogP contribution in [0.25, 0.3) is 0 Å². The number of aryl methyl sites for hydroxylation is 1. The van der Waals surface area contributed by atoms with E-state index in [2.05, 4.69) is 5.32 Å². The van der Waals surface area contributed by atoms with E-state index in [0.717, 1.165) is 35.8 Å². The first-order valence-corrected chi connectivity index (χ1v) is 11.9. The van der Waals surface area contributed by atoms with Crippen LogP contribution in [0.1, 0.15) is 24.0 Å². The lowest BCUT2D eigenvalue weighted by molar-refractivity contribution is -0.129. The maximum atomic E-state index is 12.2. The van der Waals surface area contributed by atoms with Gasteiger partial charge >= 0.3 is 0 Å². The average molecular weight is 460 g/mol. The van der Waals surface area contributed by atoms with E-state index in [4.69, 9.17) is 4.74 Å². The lowest BCUT2D eigenvalue weighted by Gasteiger charge is -2.15. The number of ether oxygens (including phenoxy) is 1. The summed E-state index contributed by atoms with van der Waals surface area (Å²) in [4.78, 5) is 26.5. The van der Waals surface area contributed by atoms with Crippen molar-refractivity contribution in [3.05, 3.63) is 53.6 Å². The van der Waals surface area contributed by atoms with E-state index >= 15 is 0 Å². The van der Waals surface area contributed by atoms with Gasteiger partial charge in [-0.1, -0.05) is 12.1 Å². The molecule has 0 saturated carbocycles. The Bertz CT molecular complexity index is 1080. The van der Waals surface area contributed by atoms with Crippen molar-refractivity contribution in [2.45, 2.75) is 31.1 Å². The maximum absolute atomic E-state index is 12.2. The molecule has 0 aromatic heterocycles. The number of amides is 2. The number of sulfonamides is 1. The molecule has 1 aliphatic rings. The molecular weight excluding hydrogens is 430 g/mol. The summed E-state index contributed by atoms with van der Waals surface area (Å²) in [5.74, 6) is 0.233. The highest BCUT2D eigenvalue weighted by Crippen LogP contribution is 2.23. The summed E-state index contributed by atoms with van der Waals surface area (Å²) in [6.07, 6.45) is 2.49. The smallest absolute Gasteiger partial charge is 0.262 e. The first-order chi connectivity index (χ1) is 15.2. The van der Waals surface area contributed by atoms with Gasteiger partial charge in [-0.3, -0.25) is 9.59 Å². The van der Waals surface area contributed by atoms with Crippen LogP contribution in [0.3, 0.4) is 0 Å². The van der Waals surface area contributed by atoms with Gasteiger partial charge in [-0.25, -0.2) is 12.7 Å². The van der Waals surface area contributed by atoms with E-state index in [-0.39, 0.29) is 23.3 Å². The van der Waals surface area contributed by atoms with Crippen molar-refractivity contribution in [2.24, 2.45) is 0 Å². The molecule has 2 aromatic rings. The largest absolute Gasteiger partial charge is 0.483 e. The van der Waals surface area contributed by atoms with Crippen molar-refractivity contribution >= 4 is 27.5 Å². The molecule has 0 atom stereocenters. The summed E-state index contributed by atoms with van der Waals surface area (Å²) in [5.41, 5.74) is 2.13. The Morgan fingerprint density at radius 3 is 2.31 bits per heavy atom. The molecule has 0 unspecified atom stereocenters. The predicted octanol–water partition coefficient (Wildman–Crippen LogP) is 2.43. The van der Waals surface area contributed by atoms with Gasteiger partial charge in [0.25, 0.3) is 5.91 Å². The van der Waals surface area contributed by atoms with Crippen LogP contribution in [0.5, 0.6) is 5.75 Å². The molecule has 0 aliphatic carbocycles. The summed E-state index contributed by atoms with van der Waals surface area (Å²) >= 11 is 0. The van der Waals surface area contributed by atoms with Crippen LogP contribution in [-0.2, 0) is 26.0 Å². The van der Waals surface area contributed by atoms with Gasteiger partial charge in [0.05, 0.1) is 11.3 Å². The molecule has 1 aliphatic heterocycles. The zero-order valence-electron chi connectivity index (χ0n) is 18.6. The molecule has 32 heavy (non-hydrogen) atoms. The van der Waals surface area contributed by atoms with Crippen LogP contribution >= 0.6 is 0 Å². The van der Waals surface area contributed by atoms with Crippen molar-refractivity contribution < 1.29 is 22.7 Å². The minimum absolute atomic E-state index is 0.132. The fraction of sp³-hybridized carbons (Fsp3) is 0.391. The second kappa shape index (κ2) is 10.1. The monoisotopic (exact) mass is 459 g/mol. The third kappa shape index (κ3) is 5.86. The second-order valence-electron chi connectivity index (χ2n) is 8.01. The molecule has 9 heteroatoms. The third-order valence-electron chi connectivity index (χ3n) is 5.34. The Labute approximate surface area is 189 Å². The highest BCUT2D eigenvalue weighted by Gasteiger charge is 2.19. The highest BCUT2D eigenvalue weighted by molar-refractivity contribution is 7.89. The molecule has 8 nitrogen and oxygen atoms in total. The number of hydrogen-bond donors (Lipinski definition) is 1. The number of anilines is 1. The van der Waals surface area contributed by atoms with E-state index < -0.39 is 10.0 Å². The summed E-state index contributed by atoms with van der Waals surface area (Å²) in [5, 5.41) is 2.76. The number of nitrogens with zero attached hydrogens (tertiary/aromatic N) is 2. The van der Waals surface area contributed by atoms with Gasteiger partial charge in [-0.05, 0) is 61.2 Å². The lowest BCUT2D eigenvalue weighted by Crippen LogP contribution is -2.29. The van der Waals surface area contributed by atoms with E-state index in [0.29, 0.717) is 23.4 Å². The Balaban J connectivity index is 1.52. The number of rotatable bonds is 8. The summed E-state index contributed by atoms with van der Waals surface area (Å²) in [6.45, 7) is 3.18. The Kier molecular flexibility index (Phi) is 7.52. The zero-order chi connectivity index (χ0) is 23.3. The van der Waals surface area contributed by atoms with Gasteiger partial charge in [-0.15, -0.1) is 0 Å². The van der Waals surface area contributed by atoms with Crippen LogP contribution in [0.4, 0.5) is 5.69 Å². The predicted molar refractivity (Wildman–Crippen MR) is 122 cm³/mol. The number of benzene rings is 2. The second-order valence-corrected chi connectivity index (χ2v) is 10.2. The number of nitrogens with one attached hydrogen (secondary N) is 1. The molecule has 1 saturated heterocycles. The van der Waals surface area contributed by atoms with Crippen LogP contribution in [-0.4, -0.2) is 63.2 Å². The minimum atomic E-state index is -3.53. The van der Waals surface area contributed by atoms with Crippen LogP contribution < -0.4 is 10.1 Å². The van der Waals surface area contributed by atoms with Crippen LogP contribution in [0.15, 0.2) is 47.4 Å².